The molecular formula is C24H26N3O3+. The van der Waals surface area contributed by atoms with Crippen molar-refractivity contribution in [3.63, 3.8) is 0 Å². The van der Waals surface area contributed by atoms with Gasteiger partial charge in [-0.3, -0.25) is 4.79 Å². The number of hydrogen-bond acceptors (Lipinski definition) is 4. The molecule has 2 atom stereocenters. The molecule has 0 saturated heterocycles. The number of quaternary nitrogens is 1. The number of nitrogens with one attached hydrogen (secondary N) is 1. The predicted octanol–water partition coefficient (Wildman–Crippen LogP) is 2.68. The van der Waals surface area contributed by atoms with Gasteiger partial charge in [-0.2, -0.15) is 5.10 Å². The molecule has 1 unspecified atom stereocenters. The SMILES string of the molecule is COc1ccc(C2=NN(C(=O)C[NH+](C)Cc3ccccc3)[C@H](c3ccco3)C2)cc1. The van der Waals surface area contributed by atoms with E-state index in [1.807, 2.05) is 61.6 Å². The zero-order chi connectivity index (χ0) is 20.9. The second kappa shape index (κ2) is 8.97. The second-order valence-corrected chi connectivity index (χ2v) is 7.55. The molecule has 4 rings (SSSR count). The topological polar surface area (TPSA) is 59.5 Å². The van der Waals surface area contributed by atoms with Crippen molar-refractivity contribution in [1.82, 2.24) is 5.01 Å². The molecule has 0 bridgehead atoms. The monoisotopic (exact) mass is 404 g/mol. The van der Waals surface area contributed by atoms with Crippen molar-refractivity contribution in [3.05, 3.63) is 89.9 Å². The fourth-order valence-corrected chi connectivity index (χ4v) is 3.75. The van der Waals surface area contributed by atoms with E-state index in [9.17, 15) is 4.79 Å². The standard InChI is InChI=1S/C24H25N3O3/c1-26(16-18-7-4-3-5-8-18)17-24(28)27-22(23-9-6-14-30-23)15-21(25-27)19-10-12-20(29-2)13-11-19/h3-14,22H,15-17H2,1-2H3/p+1/t22-/m0/s1. The van der Waals surface area contributed by atoms with Crippen molar-refractivity contribution < 1.29 is 18.8 Å². The molecule has 0 saturated carbocycles. The molecule has 0 aliphatic carbocycles. The highest BCUT2D eigenvalue weighted by molar-refractivity contribution is 6.03. The maximum absolute atomic E-state index is 13.2. The maximum Gasteiger partial charge on any atom is 0.298 e. The molecule has 1 aliphatic heterocycles. The fraction of sp³-hybridized carbons (Fsp3) is 0.250. The van der Waals surface area contributed by atoms with Crippen LogP contribution in [-0.4, -0.2) is 37.3 Å². The summed E-state index contributed by atoms with van der Waals surface area (Å²) in [4.78, 5) is 14.3. The van der Waals surface area contributed by atoms with Crippen LogP contribution in [0.15, 0.2) is 82.5 Å². The van der Waals surface area contributed by atoms with Crippen LogP contribution in [0.25, 0.3) is 0 Å². The first-order chi connectivity index (χ1) is 14.6. The van der Waals surface area contributed by atoms with Crippen LogP contribution < -0.4 is 9.64 Å². The Morgan fingerprint density at radius 3 is 2.57 bits per heavy atom. The van der Waals surface area contributed by atoms with Gasteiger partial charge in [0.15, 0.2) is 6.54 Å². The Morgan fingerprint density at radius 1 is 1.13 bits per heavy atom. The number of ether oxygens (including phenoxy) is 1. The van der Waals surface area contributed by atoms with Gasteiger partial charge in [-0.1, -0.05) is 30.3 Å². The van der Waals surface area contributed by atoms with Crippen molar-refractivity contribution in [2.24, 2.45) is 5.10 Å². The number of likely N-dealkylation sites (N-methyl/N-ethyl adjacent to an activating group) is 1. The highest BCUT2D eigenvalue weighted by Crippen LogP contribution is 2.33. The third-order valence-electron chi connectivity index (χ3n) is 5.26. The molecule has 0 fully saturated rings. The molecule has 1 amide bonds. The van der Waals surface area contributed by atoms with Crippen molar-refractivity contribution in [2.75, 3.05) is 20.7 Å². The zero-order valence-electron chi connectivity index (χ0n) is 17.2. The van der Waals surface area contributed by atoms with Gasteiger partial charge in [0.05, 0.1) is 26.1 Å². The molecule has 6 heteroatoms. The van der Waals surface area contributed by atoms with E-state index in [-0.39, 0.29) is 11.9 Å². The number of nitrogens with zero attached hydrogens (tertiary/aromatic N) is 2. The first-order valence-corrected chi connectivity index (χ1v) is 10.1. The molecule has 0 spiro atoms. The molecule has 1 aliphatic rings. The Labute approximate surface area is 176 Å². The van der Waals surface area contributed by atoms with Gasteiger partial charge in [-0.05, 0) is 42.0 Å². The molecule has 6 nitrogen and oxygen atoms in total. The number of methoxy groups -OCH3 is 1. The summed E-state index contributed by atoms with van der Waals surface area (Å²) in [5.74, 6) is 1.52. The summed E-state index contributed by atoms with van der Waals surface area (Å²) in [5, 5.41) is 6.29. The predicted molar refractivity (Wildman–Crippen MR) is 114 cm³/mol. The number of hydrogen-bond donors (Lipinski definition) is 1. The van der Waals surface area contributed by atoms with Gasteiger partial charge in [0.25, 0.3) is 5.91 Å². The van der Waals surface area contributed by atoms with Crippen molar-refractivity contribution >= 4 is 11.6 Å². The first kappa shape index (κ1) is 19.9. The lowest BCUT2D eigenvalue weighted by atomic mass is 10.0. The van der Waals surface area contributed by atoms with E-state index in [0.717, 1.165) is 34.2 Å². The highest BCUT2D eigenvalue weighted by Gasteiger charge is 2.35. The first-order valence-electron chi connectivity index (χ1n) is 10.1. The fourth-order valence-electron chi connectivity index (χ4n) is 3.75. The van der Waals surface area contributed by atoms with Gasteiger partial charge in [0, 0.05) is 12.0 Å². The molecule has 1 N–H and O–H groups in total. The number of carbonyl (C=O) groups is 1. The van der Waals surface area contributed by atoms with Crippen LogP contribution in [0.3, 0.4) is 0 Å². The maximum atomic E-state index is 13.2. The Balaban J connectivity index is 1.52. The van der Waals surface area contributed by atoms with Gasteiger partial charge >= 0.3 is 0 Å². The van der Waals surface area contributed by atoms with E-state index >= 15 is 0 Å². The third kappa shape index (κ3) is 4.44. The second-order valence-electron chi connectivity index (χ2n) is 7.55. The van der Waals surface area contributed by atoms with Crippen LogP contribution in [0, 0.1) is 0 Å². The van der Waals surface area contributed by atoms with Crippen molar-refractivity contribution in [3.8, 4) is 5.75 Å². The average Bonchev–Trinajstić information content (AvgIpc) is 3.44. The average molecular weight is 404 g/mol. The smallest absolute Gasteiger partial charge is 0.298 e. The lowest BCUT2D eigenvalue weighted by Gasteiger charge is -2.21. The molecule has 2 aromatic carbocycles. The van der Waals surface area contributed by atoms with Crippen molar-refractivity contribution in [1.29, 1.82) is 0 Å². The van der Waals surface area contributed by atoms with E-state index in [1.54, 1.807) is 18.4 Å². The van der Waals surface area contributed by atoms with E-state index < -0.39 is 0 Å². The Kier molecular flexibility index (Phi) is 5.95. The third-order valence-corrected chi connectivity index (χ3v) is 5.26. The Morgan fingerprint density at radius 2 is 1.90 bits per heavy atom. The highest BCUT2D eigenvalue weighted by atomic mass is 16.5. The Hall–Kier alpha value is -3.38. The number of rotatable bonds is 7. The Bertz CT molecular complexity index is 998. The molecular weight excluding hydrogens is 378 g/mol. The van der Waals surface area contributed by atoms with Crippen molar-refractivity contribution in [2.45, 2.75) is 19.0 Å². The minimum atomic E-state index is -0.228. The number of furan rings is 1. The molecule has 1 aromatic heterocycles. The van der Waals surface area contributed by atoms with E-state index in [0.29, 0.717) is 13.0 Å². The van der Waals surface area contributed by atoms with E-state index in [1.165, 1.54) is 5.56 Å². The summed E-state index contributed by atoms with van der Waals surface area (Å²) in [5.41, 5.74) is 3.05. The number of amides is 1. The molecule has 0 radical (unpaired) electrons. The summed E-state index contributed by atoms with van der Waals surface area (Å²) in [6.07, 6.45) is 2.25. The van der Waals surface area contributed by atoms with Crippen LogP contribution >= 0.6 is 0 Å². The van der Waals surface area contributed by atoms with Gasteiger partial charge < -0.3 is 14.1 Å². The lowest BCUT2D eigenvalue weighted by Crippen LogP contribution is -3.08. The van der Waals surface area contributed by atoms with Crippen LogP contribution in [0.5, 0.6) is 5.75 Å². The largest absolute Gasteiger partial charge is 0.497 e. The summed E-state index contributed by atoms with van der Waals surface area (Å²) in [6.45, 7) is 1.13. The quantitative estimate of drug-likeness (QED) is 0.659. The summed E-state index contributed by atoms with van der Waals surface area (Å²) in [6, 6.07) is 21.5. The minimum Gasteiger partial charge on any atom is -0.497 e. The van der Waals surface area contributed by atoms with Crippen LogP contribution in [0.4, 0.5) is 0 Å². The summed E-state index contributed by atoms with van der Waals surface area (Å²) >= 11 is 0. The molecule has 154 valence electrons. The number of hydrazone groups is 1. The van der Waals surface area contributed by atoms with Crippen LogP contribution in [0.1, 0.15) is 29.3 Å². The number of carbonyl (C=O) groups excluding carboxylic acids is 1. The van der Waals surface area contributed by atoms with Gasteiger partial charge in [-0.25, -0.2) is 5.01 Å². The summed E-state index contributed by atoms with van der Waals surface area (Å²) in [7, 11) is 3.67. The zero-order valence-corrected chi connectivity index (χ0v) is 17.2. The van der Waals surface area contributed by atoms with E-state index in [4.69, 9.17) is 14.3 Å². The molecule has 3 aromatic rings. The lowest BCUT2D eigenvalue weighted by molar-refractivity contribution is -0.885. The van der Waals surface area contributed by atoms with Gasteiger partial charge in [0.1, 0.15) is 24.1 Å². The molecule has 2 heterocycles. The normalized spacial score (nSPS) is 16.9. The van der Waals surface area contributed by atoms with Crippen LogP contribution in [0.2, 0.25) is 0 Å². The minimum absolute atomic E-state index is 0.0201. The number of benzene rings is 2. The van der Waals surface area contributed by atoms with Gasteiger partial charge in [0.2, 0.25) is 0 Å². The molecule has 30 heavy (non-hydrogen) atoms. The van der Waals surface area contributed by atoms with E-state index in [2.05, 4.69) is 12.1 Å². The van der Waals surface area contributed by atoms with Crippen LogP contribution in [-0.2, 0) is 11.3 Å². The van der Waals surface area contributed by atoms with Gasteiger partial charge in [-0.15, -0.1) is 0 Å². The summed E-state index contributed by atoms with van der Waals surface area (Å²) < 4.78 is 10.9.